The van der Waals surface area contributed by atoms with Gasteiger partial charge in [-0.1, -0.05) is 11.6 Å². The van der Waals surface area contributed by atoms with E-state index in [-0.39, 0.29) is 36.0 Å². The van der Waals surface area contributed by atoms with Gasteiger partial charge in [0.25, 0.3) is 12.1 Å². The zero-order valence-electron chi connectivity index (χ0n) is 9.93. The summed E-state index contributed by atoms with van der Waals surface area (Å²) in [4.78, 5) is 11.5. The van der Waals surface area contributed by atoms with Gasteiger partial charge < -0.3 is 5.11 Å². The Bertz CT molecular complexity index is 446. The molecule has 0 radical (unpaired) electrons. The molecule has 0 atom stereocenters. The van der Waals surface area contributed by atoms with Crippen LogP contribution in [0.5, 0.6) is 0 Å². The molecule has 1 aromatic rings. The molecular weight excluding hydrogens is 282 g/mol. The topological polar surface area (TPSA) is 66.6 Å². The van der Waals surface area contributed by atoms with Gasteiger partial charge in [0.15, 0.2) is 0 Å². The third-order valence-corrected chi connectivity index (χ3v) is 2.69. The van der Waals surface area contributed by atoms with Crippen LogP contribution in [0.2, 0.25) is 5.02 Å². The number of aliphatic hydroxyl groups is 1. The lowest BCUT2D eigenvalue weighted by atomic mass is 10.1. The van der Waals surface area contributed by atoms with Gasteiger partial charge in [-0.3, -0.25) is 15.0 Å². The van der Waals surface area contributed by atoms with Gasteiger partial charge in [-0.05, 0) is 12.1 Å². The molecule has 0 unspecified atom stereocenters. The Morgan fingerprint density at radius 3 is 2.68 bits per heavy atom. The molecule has 0 aliphatic heterocycles. The van der Waals surface area contributed by atoms with E-state index in [4.69, 9.17) is 16.7 Å². The van der Waals surface area contributed by atoms with Crippen molar-refractivity contribution < 1.29 is 18.8 Å². The van der Waals surface area contributed by atoms with Crippen LogP contribution < -0.4 is 0 Å². The average molecular weight is 295 g/mol. The summed E-state index contributed by atoms with van der Waals surface area (Å²) in [5.74, 6) is 0. The maximum Gasteiger partial charge on any atom is 0.275 e. The molecule has 8 heteroatoms. The number of nitro groups is 1. The summed E-state index contributed by atoms with van der Waals surface area (Å²) < 4.78 is 24.7. The second kappa shape index (κ2) is 7.32. The van der Waals surface area contributed by atoms with Crippen LogP contribution in [-0.4, -0.2) is 41.1 Å². The van der Waals surface area contributed by atoms with E-state index in [2.05, 4.69) is 0 Å². The molecule has 0 aliphatic rings. The lowest BCUT2D eigenvalue weighted by molar-refractivity contribution is -0.385. The van der Waals surface area contributed by atoms with Crippen LogP contribution >= 0.6 is 11.6 Å². The molecule has 0 aromatic heterocycles. The number of hydrogen-bond donors (Lipinski definition) is 1. The van der Waals surface area contributed by atoms with Gasteiger partial charge in [-0.2, -0.15) is 0 Å². The Hall–Kier alpha value is -1.31. The van der Waals surface area contributed by atoms with Gasteiger partial charge in [0.05, 0.1) is 18.1 Å². The first kappa shape index (κ1) is 15.7. The van der Waals surface area contributed by atoms with Crippen molar-refractivity contribution in [2.24, 2.45) is 0 Å². The van der Waals surface area contributed by atoms with Crippen molar-refractivity contribution in [1.29, 1.82) is 0 Å². The SMILES string of the molecule is O=[N+]([O-])c1cc(Cl)ccc1CN(CCO)CC(F)F. The molecule has 0 spiro atoms. The second-order valence-electron chi connectivity index (χ2n) is 3.88. The van der Waals surface area contributed by atoms with Crippen molar-refractivity contribution in [2.75, 3.05) is 19.7 Å². The van der Waals surface area contributed by atoms with Crippen molar-refractivity contribution in [1.82, 2.24) is 4.90 Å². The summed E-state index contributed by atoms with van der Waals surface area (Å²) in [7, 11) is 0. The highest BCUT2D eigenvalue weighted by atomic mass is 35.5. The van der Waals surface area contributed by atoms with Crippen molar-refractivity contribution in [3.05, 3.63) is 38.9 Å². The molecule has 1 aromatic carbocycles. The normalized spacial score (nSPS) is 11.3. The van der Waals surface area contributed by atoms with Crippen molar-refractivity contribution >= 4 is 17.3 Å². The van der Waals surface area contributed by atoms with Gasteiger partial charge in [-0.25, -0.2) is 8.78 Å². The number of hydrogen-bond acceptors (Lipinski definition) is 4. The third-order valence-electron chi connectivity index (χ3n) is 2.45. The van der Waals surface area contributed by atoms with Crippen LogP contribution in [0.25, 0.3) is 0 Å². The molecular formula is C11H13ClF2N2O3. The Morgan fingerprint density at radius 1 is 1.47 bits per heavy atom. The second-order valence-corrected chi connectivity index (χ2v) is 4.32. The predicted octanol–water partition coefficient (Wildman–Crippen LogP) is 2.31. The number of aliphatic hydroxyl groups excluding tert-OH is 1. The van der Waals surface area contributed by atoms with Gasteiger partial charge >= 0.3 is 0 Å². The van der Waals surface area contributed by atoms with E-state index < -0.39 is 17.9 Å². The largest absolute Gasteiger partial charge is 0.395 e. The maximum atomic E-state index is 12.4. The zero-order valence-corrected chi connectivity index (χ0v) is 10.7. The molecule has 0 saturated heterocycles. The molecule has 19 heavy (non-hydrogen) atoms. The van der Waals surface area contributed by atoms with Crippen LogP contribution in [0.3, 0.4) is 0 Å². The average Bonchev–Trinajstić information content (AvgIpc) is 2.30. The number of benzene rings is 1. The van der Waals surface area contributed by atoms with E-state index in [1.807, 2.05) is 0 Å². The molecule has 1 rings (SSSR count). The van der Waals surface area contributed by atoms with Gasteiger partial charge in [0.2, 0.25) is 0 Å². The molecule has 0 aliphatic carbocycles. The van der Waals surface area contributed by atoms with Crippen LogP contribution in [0.4, 0.5) is 14.5 Å². The Balaban J connectivity index is 2.91. The van der Waals surface area contributed by atoms with E-state index in [0.29, 0.717) is 0 Å². The van der Waals surface area contributed by atoms with E-state index in [9.17, 15) is 18.9 Å². The van der Waals surface area contributed by atoms with E-state index in [1.165, 1.54) is 23.1 Å². The molecule has 0 amide bonds. The van der Waals surface area contributed by atoms with Crippen molar-refractivity contribution in [2.45, 2.75) is 13.0 Å². The summed E-state index contributed by atoms with van der Waals surface area (Å²) in [5.41, 5.74) is 0.0632. The first-order chi connectivity index (χ1) is 8.93. The molecule has 5 nitrogen and oxygen atoms in total. The minimum absolute atomic E-state index is 0.0180. The number of nitro benzene ring substituents is 1. The molecule has 106 valence electrons. The Morgan fingerprint density at radius 2 is 2.16 bits per heavy atom. The van der Waals surface area contributed by atoms with Crippen LogP contribution in [-0.2, 0) is 6.54 Å². The van der Waals surface area contributed by atoms with E-state index in [0.717, 1.165) is 0 Å². The zero-order chi connectivity index (χ0) is 14.4. The molecule has 0 fully saturated rings. The third kappa shape index (κ3) is 5.06. The molecule has 1 N–H and O–H groups in total. The molecule has 0 saturated carbocycles. The highest BCUT2D eigenvalue weighted by Crippen LogP contribution is 2.24. The summed E-state index contributed by atoms with van der Waals surface area (Å²) in [6, 6.07) is 4.07. The number of rotatable bonds is 7. The Labute approximate surface area is 113 Å². The highest BCUT2D eigenvalue weighted by molar-refractivity contribution is 6.30. The lowest BCUT2D eigenvalue weighted by Crippen LogP contribution is -2.31. The summed E-state index contributed by atoms with van der Waals surface area (Å²) >= 11 is 5.66. The number of halogens is 3. The summed E-state index contributed by atoms with van der Waals surface area (Å²) in [6.45, 7) is -0.878. The van der Waals surface area contributed by atoms with Crippen LogP contribution in [0.15, 0.2) is 18.2 Å². The first-order valence-corrected chi connectivity index (χ1v) is 5.86. The highest BCUT2D eigenvalue weighted by Gasteiger charge is 2.19. The van der Waals surface area contributed by atoms with E-state index >= 15 is 0 Å². The van der Waals surface area contributed by atoms with Gasteiger partial charge in [0, 0.05) is 29.7 Å². The predicted molar refractivity (Wildman–Crippen MR) is 66.5 cm³/mol. The smallest absolute Gasteiger partial charge is 0.275 e. The van der Waals surface area contributed by atoms with Gasteiger partial charge in [-0.15, -0.1) is 0 Å². The van der Waals surface area contributed by atoms with Crippen molar-refractivity contribution in [3.8, 4) is 0 Å². The fourth-order valence-corrected chi connectivity index (χ4v) is 1.82. The fraction of sp³-hybridized carbons (Fsp3) is 0.455. The maximum absolute atomic E-state index is 12.4. The number of alkyl halides is 2. The van der Waals surface area contributed by atoms with E-state index in [1.54, 1.807) is 0 Å². The van der Waals surface area contributed by atoms with Crippen LogP contribution in [0.1, 0.15) is 5.56 Å². The lowest BCUT2D eigenvalue weighted by Gasteiger charge is -2.20. The minimum atomic E-state index is -2.57. The monoisotopic (exact) mass is 294 g/mol. The van der Waals surface area contributed by atoms with Crippen molar-refractivity contribution in [3.63, 3.8) is 0 Å². The van der Waals surface area contributed by atoms with Gasteiger partial charge in [0.1, 0.15) is 0 Å². The summed E-state index contributed by atoms with van der Waals surface area (Å²) in [5, 5.41) is 19.9. The fourth-order valence-electron chi connectivity index (χ4n) is 1.65. The number of nitrogens with zero attached hydrogens (tertiary/aromatic N) is 2. The Kier molecular flexibility index (Phi) is 6.07. The summed E-state index contributed by atoms with van der Waals surface area (Å²) in [6.07, 6.45) is -2.57. The molecule has 0 bridgehead atoms. The van der Waals surface area contributed by atoms with Crippen LogP contribution in [0, 0.1) is 10.1 Å². The first-order valence-electron chi connectivity index (χ1n) is 5.48. The minimum Gasteiger partial charge on any atom is -0.395 e. The standard InChI is InChI=1S/C11H13ClF2N2O3/c12-9-2-1-8(10(5-9)16(18)19)6-15(3-4-17)7-11(13)14/h1-2,5,11,17H,3-4,6-7H2. The quantitative estimate of drug-likeness (QED) is 0.619. The molecule has 0 heterocycles.